The molecule has 19 heteroatoms. The fraction of sp³-hybridized carbons (Fsp3) is 0.951. The lowest BCUT2D eigenvalue weighted by atomic mass is 9.97. The Bertz CT molecular complexity index is 2050. The summed E-state index contributed by atoms with van der Waals surface area (Å²) < 4.78 is 83.9. The maximum Gasteiger partial charge on any atom is 0.306 e. The van der Waals surface area contributed by atoms with Crippen LogP contribution < -0.4 is 0 Å². The van der Waals surface area contributed by atoms with Gasteiger partial charge in [-0.05, 0) is 25.7 Å². The summed E-state index contributed by atoms with van der Waals surface area (Å²) in [5, 5.41) is 35.1. The predicted octanol–water partition coefficient (Wildman–Crippen LogP) is 20.6. The summed E-state index contributed by atoms with van der Waals surface area (Å²) in [4.78, 5) is 54.6. The summed E-state index contributed by atoms with van der Waals surface area (Å²) in [6, 6.07) is 0. The third-order valence-electron chi connectivity index (χ3n) is 20.6. The molecule has 0 radical (unpaired) electrons. The van der Waals surface area contributed by atoms with Crippen molar-refractivity contribution in [3.05, 3.63) is 0 Å². The van der Waals surface area contributed by atoms with E-state index in [0.29, 0.717) is 25.7 Å². The van der Waals surface area contributed by atoms with Crippen molar-refractivity contribution in [3.8, 4) is 0 Å². The van der Waals surface area contributed by atoms with Gasteiger partial charge in [0, 0.05) is 25.7 Å². The van der Waals surface area contributed by atoms with Crippen molar-refractivity contribution in [1.82, 2.24) is 0 Å². The van der Waals surface area contributed by atoms with Crippen LogP contribution in [0.25, 0.3) is 0 Å². The van der Waals surface area contributed by atoms with E-state index in [9.17, 15) is 47.5 Å². The Morgan fingerprint density at radius 1 is 0.297 bits per heavy atom. The number of aliphatic hydroxyl groups excluding tert-OH is 3. The molecule has 0 aromatic heterocycles. The lowest BCUT2D eigenvalue weighted by molar-refractivity contribution is -0.374. The van der Waals surface area contributed by atoms with Gasteiger partial charge in [0.15, 0.2) is 24.6 Å². The summed E-state index contributed by atoms with van der Waals surface area (Å²) in [5.41, 5.74) is 0. The number of hydrogen-bond donors (Lipinski definition) is 3. The van der Waals surface area contributed by atoms with Gasteiger partial charge >= 0.3 is 23.9 Å². The minimum atomic E-state index is -5.66. The molecule has 2 heterocycles. The minimum absolute atomic E-state index is 0.0423. The van der Waals surface area contributed by atoms with Gasteiger partial charge in [-0.3, -0.25) is 23.4 Å². The van der Waals surface area contributed by atoms with Gasteiger partial charge in [0.1, 0.15) is 43.7 Å². The van der Waals surface area contributed by atoms with Crippen LogP contribution in [0.15, 0.2) is 0 Å². The van der Waals surface area contributed by atoms with Crippen molar-refractivity contribution >= 4 is 34.3 Å². The number of carbonyl (C=O) groups excluding carboxylic acids is 4. The first-order valence-corrected chi connectivity index (χ1v) is 43.8. The standard InChI is InChI=1S/C82H154O18S/c1-5-9-13-17-21-25-29-33-36-40-43-47-51-55-59-63-71(83)93-67-69-75(87)77(89)79(100-101(90,91)92)81(95-69)99-82-80(98-74(86)66-62-58-54-50-45-39-32-28-24-20-16-12-8-4)78(97-73(85)65-61-57-53-49-46-42-38-35-31-27-23-19-15-11-7-3)76(88)70(96-82)68-94-72(84)64-60-56-52-48-44-41-37-34-30-26-22-18-14-10-6-2/h69-70,75-82,87-89H,5-68H2,1-4H3,(H,90,91,92)/p-1/t69-,70-,75-,76-,77+,78+,79-,80-,81-,82-/m1/s1. The summed E-state index contributed by atoms with van der Waals surface area (Å²) in [6.45, 7) is 7.73. The van der Waals surface area contributed by atoms with E-state index in [2.05, 4.69) is 27.7 Å². The average molecular weight is 1460 g/mol. The second-order valence-electron chi connectivity index (χ2n) is 30.0. The monoisotopic (exact) mass is 1460 g/mol. The molecule has 0 spiro atoms. The van der Waals surface area contributed by atoms with Crippen LogP contribution in [0.1, 0.15) is 426 Å². The Morgan fingerprint density at radius 2 is 0.515 bits per heavy atom. The zero-order chi connectivity index (χ0) is 73.5. The predicted molar refractivity (Wildman–Crippen MR) is 402 cm³/mol. The molecule has 2 rings (SSSR count). The van der Waals surface area contributed by atoms with E-state index in [1.54, 1.807) is 0 Å². The van der Waals surface area contributed by atoms with Gasteiger partial charge < -0.3 is 53.0 Å². The Morgan fingerprint density at radius 3 is 0.772 bits per heavy atom. The molecule has 3 N–H and O–H groups in total. The van der Waals surface area contributed by atoms with Gasteiger partial charge in [-0.15, -0.1) is 0 Å². The number of rotatable bonds is 72. The van der Waals surface area contributed by atoms with Gasteiger partial charge in [0.05, 0.1) is 0 Å². The molecule has 101 heavy (non-hydrogen) atoms. The highest BCUT2D eigenvalue weighted by Crippen LogP contribution is 2.34. The Kier molecular flexibility index (Phi) is 61.6. The van der Waals surface area contributed by atoms with Crippen molar-refractivity contribution in [3.63, 3.8) is 0 Å². The number of aliphatic hydroxyl groups is 3. The molecule has 2 saturated heterocycles. The van der Waals surface area contributed by atoms with Crippen LogP contribution in [0.5, 0.6) is 0 Å². The molecule has 2 fully saturated rings. The second-order valence-corrected chi connectivity index (χ2v) is 31.0. The molecule has 0 unspecified atom stereocenters. The lowest BCUT2D eigenvalue weighted by Gasteiger charge is -2.47. The van der Waals surface area contributed by atoms with Crippen LogP contribution in [-0.4, -0.2) is 127 Å². The first-order valence-electron chi connectivity index (χ1n) is 42.5. The first-order chi connectivity index (χ1) is 49.1. The molecule has 0 amide bonds. The summed E-state index contributed by atoms with van der Waals surface area (Å²) in [5.74, 6) is -2.65. The molecule has 0 saturated carbocycles. The van der Waals surface area contributed by atoms with Crippen LogP contribution >= 0.6 is 0 Å². The highest BCUT2D eigenvalue weighted by Gasteiger charge is 2.55. The number of unbranched alkanes of at least 4 members (excludes halogenated alkanes) is 54. The van der Waals surface area contributed by atoms with Crippen LogP contribution in [0, 0.1) is 0 Å². The molecule has 18 nitrogen and oxygen atoms in total. The smallest absolute Gasteiger partial charge is 0.306 e. The molecule has 0 aromatic rings. The van der Waals surface area contributed by atoms with Gasteiger partial charge in [0.2, 0.25) is 16.7 Å². The largest absolute Gasteiger partial charge is 0.726 e. The van der Waals surface area contributed by atoms with Crippen LogP contribution in [0.2, 0.25) is 0 Å². The van der Waals surface area contributed by atoms with Gasteiger partial charge in [-0.1, -0.05) is 374 Å². The van der Waals surface area contributed by atoms with E-state index in [-0.39, 0.29) is 25.7 Å². The topological polar surface area (TPSA) is 260 Å². The van der Waals surface area contributed by atoms with E-state index in [1.165, 1.54) is 231 Å². The van der Waals surface area contributed by atoms with Crippen LogP contribution in [0.3, 0.4) is 0 Å². The number of ether oxygens (including phenoxy) is 7. The Labute approximate surface area is 616 Å². The molecule has 0 aliphatic carbocycles. The van der Waals surface area contributed by atoms with Crippen LogP contribution in [0.4, 0.5) is 0 Å². The second kappa shape index (κ2) is 65.8. The normalized spacial score (nSPS) is 20.9. The van der Waals surface area contributed by atoms with Crippen molar-refractivity contribution in [2.45, 2.75) is 487 Å². The summed E-state index contributed by atoms with van der Waals surface area (Å²) >= 11 is 0. The van der Waals surface area contributed by atoms with Crippen molar-refractivity contribution in [1.29, 1.82) is 0 Å². The zero-order valence-corrected chi connectivity index (χ0v) is 65.7. The molecular formula is C82H153O18S-. The summed E-state index contributed by atoms with van der Waals surface area (Å²) in [6.07, 6.45) is 47.0. The lowest BCUT2D eigenvalue weighted by Crippen LogP contribution is -2.65. The number of esters is 4. The minimum Gasteiger partial charge on any atom is -0.726 e. The molecule has 0 bridgehead atoms. The first kappa shape index (κ1) is 94.6. The summed E-state index contributed by atoms with van der Waals surface area (Å²) in [7, 11) is -5.66. The fourth-order valence-corrected chi connectivity index (χ4v) is 14.5. The van der Waals surface area contributed by atoms with Crippen LogP contribution in [-0.2, 0) is 66.9 Å². The molecule has 2 aliphatic heterocycles. The highest BCUT2D eigenvalue weighted by atomic mass is 32.3. The van der Waals surface area contributed by atoms with Gasteiger partial charge in [-0.25, -0.2) is 8.42 Å². The maximum atomic E-state index is 14.0. The molecule has 0 aromatic carbocycles. The van der Waals surface area contributed by atoms with Gasteiger partial charge in [0.25, 0.3) is 0 Å². The maximum absolute atomic E-state index is 14.0. The van der Waals surface area contributed by atoms with E-state index in [0.717, 1.165) is 116 Å². The third kappa shape index (κ3) is 52.2. The van der Waals surface area contributed by atoms with E-state index in [1.807, 2.05) is 0 Å². The quantitative estimate of drug-likeness (QED) is 0.0168. The molecule has 2 aliphatic rings. The number of hydrogen-bond acceptors (Lipinski definition) is 18. The SMILES string of the molecule is CCCCCCCCCCCCCCCCCC(=O)OC[C@H]1O[C@H](O[C@H]2O[C@H](COC(=O)CCCCCCCCCCCCCCCCC)[C@@H](O)[C@H](OC(=O)CCCCCCCCCCCCCCCCC)[C@H]2OC(=O)CCCCCCCCCCCCCCC)[C@H](OS(=O)(=O)[O-])[C@@H](O)[C@@H]1O. The molecule has 10 atom stereocenters. The van der Waals surface area contributed by atoms with Crippen molar-refractivity contribution < 1.29 is 84.8 Å². The Balaban J connectivity index is 2.27. The molecular weight excluding hydrogens is 1300 g/mol. The van der Waals surface area contributed by atoms with E-state index in [4.69, 9.17) is 37.3 Å². The van der Waals surface area contributed by atoms with E-state index >= 15 is 0 Å². The van der Waals surface area contributed by atoms with Crippen molar-refractivity contribution in [2.24, 2.45) is 0 Å². The molecule has 596 valence electrons. The van der Waals surface area contributed by atoms with Gasteiger partial charge in [-0.2, -0.15) is 0 Å². The highest BCUT2D eigenvalue weighted by molar-refractivity contribution is 7.80. The van der Waals surface area contributed by atoms with Crippen molar-refractivity contribution in [2.75, 3.05) is 13.2 Å². The Hall–Kier alpha value is -2.49. The average Bonchev–Trinajstić information content (AvgIpc) is 0.779. The number of carbonyl (C=O) groups is 4. The zero-order valence-electron chi connectivity index (χ0n) is 64.9. The fourth-order valence-electron chi connectivity index (χ4n) is 14.0. The van der Waals surface area contributed by atoms with E-state index < -0.39 is 109 Å². The third-order valence-corrected chi connectivity index (χ3v) is 21.0.